The Labute approximate surface area is 137 Å². The summed E-state index contributed by atoms with van der Waals surface area (Å²) in [6, 6.07) is 1.53. The van der Waals surface area contributed by atoms with Crippen LogP contribution < -0.4 is 0 Å². The number of aromatic carboxylic acids is 1. The van der Waals surface area contributed by atoms with Crippen LogP contribution in [0.3, 0.4) is 0 Å². The van der Waals surface area contributed by atoms with E-state index in [0.29, 0.717) is 17.5 Å². The molecule has 0 spiro atoms. The second-order valence-electron chi connectivity index (χ2n) is 6.47. The number of phenolic OH excluding ortho intramolecular Hbond substituents is 1. The third kappa shape index (κ3) is 3.87. The van der Waals surface area contributed by atoms with E-state index >= 15 is 0 Å². The summed E-state index contributed by atoms with van der Waals surface area (Å²) in [5.41, 5.74) is 2.04. The number of rotatable bonds is 6. The first-order valence-electron chi connectivity index (χ1n) is 8.44. The van der Waals surface area contributed by atoms with Crippen LogP contribution >= 0.6 is 0 Å². The molecule has 0 heterocycles. The number of hydrogen-bond donors (Lipinski definition) is 3. The van der Waals surface area contributed by atoms with Gasteiger partial charge in [-0.3, -0.25) is 0 Å². The third-order valence-corrected chi connectivity index (χ3v) is 4.61. The van der Waals surface area contributed by atoms with Crippen LogP contribution in [0, 0.1) is 0 Å². The number of carbonyl (C=O) groups is 1. The van der Waals surface area contributed by atoms with Crippen LogP contribution in [0.2, 0.25) is 0 Å². The van der Waals surface area contributed by atoms with E-state index in [1.807, 2.05) is 13.0 Å². The second kappa shape index (κ2) is 7.53. The molecule has 0 bridgehead atoms. The highest BCUT2D eigenvalue weighted by atomic mass is 16.4. The predicted octanol–water partition coefficient (Wildman–Crippen LogP) is 4.74. The van der Waals surface area contributed by atoms with Gasteiger partial charge in [-0.25, -0.2) is 4.79 Å². The number of carboxylic acids is 1. The Hall–Kier alpha value is -1.97. The molecule has 4 nitrogen and oxygen atoms in total. The van der Waals surface area contributed by atoms with E-state index in [0.717, 1.165) is 38.5 Å². The van der Waals surface area contributed by atoms with Crippen molar-refractivity contribution in [1.82, 2.24) is 0 Å². The quantitative estimate of drug-likeness (QED) is 0.523. The van der Waals surface area contributed by atoms with Crippen molar-refractivity contribution in [2.75, 3.05) is 0 Å². The highest BCUT2D eigenvalue weighted by Gasteiger charge is 2.27. The van der Waals surface area contributed by atoms with Gasteiger partial charge >= 0.3 is 5.97 Å². The van der Waals surface area contributed by atoms with Gasteiger partial charge in [0.1, 0.15) is 17.1 Å². The Balaban J connectivity index is 2.46. The van der Waals surface area contributed by atoms with E-state index in [2.05, 4.69) is 6.92 Å². The molecule has 3 N–H and O–H groups in total. The molecule has 2 rings (SSSR count). The zero-order valence-corrected chi connectivity index (χ0v) is 13.9. The largest absolute Gasteiger partial charge is 0.507 e. The van der Waals surface area contributed by atoms with Gasteiger partial charge in [-0.2, -0.15) is 0 Å². The summed E-state index contributed by atoms with van der Waals surface area (Å²) in [6.07, 6.45) is 8.25. The van der Waals surface area contributed by atoms with Crippen LogP contribution in [0.25, 0.3) is 0 Å². The fraction of sp³-hybridized carbons (Fsp3) is 0.526. The van der Waals surface area contributed by atoms with Crippen molar-refractivity contribution in [2.45, 2.75) is 64.7 Å². The van der Waals surface area contributed by atoms with Crippen molar-refractivity contribution >= 4 is 5.97 Å². The van der Waals surface area contributed by atoms with Crippen molar-refractivity contribution in [3.8, 4) is 11.5 Å². The van der Waals surface area contributed by atoms with Crippen molar-refractivity contribution in [3.63, 3.8) is 0 Å². The maximum absolute atomic E-state index is 11.6. The van der Waals surface area contributed by atoms with Gasteiger partial charge in [-0.05, 0) is 50.7 Å². The lowest BCUT2D eigenvalue weighted by Crippen LogP contribution is -2.09. The van der Waals surface area contributed by atoms with Gasteiger partial charge in [0.25, 0.3) is 0 Å². The zero-order chi connectivity index (χ0) is 17.0. The monoisotopic (exact) mass is 318 g/mol. The molecule has 0 aromatic heterocycles. The minimum Gasteiger partial charge on any atom is -0.507 e. The molecule has 4 heteroatoms. The van der Waals surface area contributed by atoms with Gasteiger partial charge in [0.15, 0.2) is 0 Å². The molecule has 1 aromatic rings. The van der Waals surface area contributed by atoms with E-state index in [4.69, 9.17) is 0 Å². The number of hydrogen-bond acceptors (Lipinski definition) is 3. The molecule has 1 aliphatic rings. The molecule has 0 radical (unpaired) electrons. The van der Waals surface area contributed by atoms with E-state index in [9.17, 15) is 20.1 Å². The molecular formula is C19H26O4. The maximum Gasteiger partial charge on any atom is 0.339 e. The van der Waals surface area contributed by atoms with Gasteiger partial charge in [-0.15, -0.1) is 0 Å². The standard InChI is InChI=1S/C19H26O4/c1-3-4-5-8-14-11-15(20)16(18(21)17(14)19(22)23)13-9-6-7-12(2)10-13/h10-11,13,20-21H,3-9H2,1-2H3,(H,22,23)/t13-/m0/s1. The van der Waals surface area contributed by atoms with Crippen LogP contribution in [0.1, 0.15) is 79.8 Å². The maximum atomic E-state index is 11.6. The Morgan fingerprint density at radius 1 is 1.30 bits per heavy atom. The summed E-state index contributed by atoms with van der Waals surface area (Å²) >= 11 is 0. The second-order valence-corrected chi connectivity index (χ2v) is 6.47. The first kappa shape index (κ1) is 17.4. The zero-order valence-electron chi connectivity index (χ0n) is 13.9. The van der Waals surface area contributed by atoms with Gasteiger partial charge < -0.3 is 15.3 Å². The molecule has 0 aliphatic heterocycles. The lowest BCUT2D eigenvalue weighted by molar-refractivity contribution is 0.0692. The molecule has 1 aromatic carbocycles. The van der Waals surface area contributed by atoms with E-state index in [-0.39, 0.29) is 23.0 Å². The molecule has 0 fully saturated rings. The Morgan fingerprint density at radius 3 is 2.65 bits per heavy atom. The number of aryl methyl sites for hydroxylation is 1. The topological polar surface area (TPSA) is 77.8 Å². The lowest BCUT2D eigenvalue weighted by atomic mass is 9.83. The summed E-state index contributed by atoms with van der Waals surface area (Å²) in [4.78, 5) is 11.6. The van der Waals surface area contributed by atoms with E-state index in [1.54, 1.807) is 0 Å². The van der Waals surface area contributed by atoms with Gasteiger partial charge in [-0.1, -0.05) is 31.4 Å². The Morgan fingerprint density at radius 2 is 2.04 bits per heavy atom. The van der Waals surface area contributed by atoms with Gasteiger partial charge in [0.05, 0.1) is 0 Å². The van der Waals surface area contributed by atoms with Crippen LogP contribution in [0.15, 0.2) is 17.7 Å². The fourth-order valence-electron chi connectivity index (χ4n) is 3.43. The average Bonchev–Trinajstić information content (AvgIpc) is 2.46. The molecule has 23 heavy (non-hydrogen) atoms. The van der Waals surface area contributed by atoms with Crippen LogP contribution in [-0.2, 0) is 6.42 Å². The third-order valence-electron chi connectivity index (χ3n) is 4.61. The highest BCUT2D eigenvalue weighted by molar-refractivity contribution is 5.94. The van der Waals surface area contributed by atoms with Crippen molar-refractivity contribution < 1.29 is 20.1 Å². The molecule has 1 atom stereocenters. The van der Waals surface area contributed by atoms with Crippen LogP contribution in [0.5, 0.6) is 11.5 Å². The van der Waals surface area contributed by atoms with Crippen molar-refractivity contribution in [1.29, 1.82) is 0 Å². The molecule has 1 aliphatic carbocycles. The van der Waals surface area contributed by atoms with Gasteiger partial charge in [0.2, 0.25) is 0 Å². The number of phenols is 2. The smallest absolute Gasteiger partial charge is 0.339 e. The minimum atomic E-state index is -1.13. The van der Waals surface area contributed by atoms with Crippen molar-refractivity contribution in [2.24, 2.45) is 0 Å². The fourth-order valence-corrected chi connectivity index (χ4v) is 3.43. The molecular weight excluding hydrogens is 292 g/mol. The summed E-state index contributed by atoms with van der Waals surface area (Å²) < 4.78 is 0. The Kier molecular flexibility index (Phi) is 5.69. The summed E-state index contributed by atoms with van der Waals surface area (Å²) in [7, 11) is 0. The van der Waals surface area contributed by atoms with Crippen LogP contribution in [0.4, 0.5) is 0 Å². The number of benzene rings is 1. The summed E-state index contributed by atoms with van der Waals surface area (Å²) in [5.74, 6) is -1.51. The van der Waals surface area contributed by atoms with E-state index in [1.165, 1.54) is 11.6 Å². The summed E-state index contributed by atoms with van der Waals surface area (Å²) in [5, 5.41) is 30.4. The predicted molar refractivity (Wildman–Crippen MR) is 90.3 cm³/mol. The van der Waals surface area contributed by atoms with Crippen LogP contribution in [-0.4, -0.2) is 21.3 Å². The Bertz CT molecular complexity index is 616. The molecule has 0 unspecified atom stereocenters. The molecule has 126 valence electrons. The minimum absolute atomic E-state index is 0.00921. The number of carboxylic acid groups (broad SMARTS) is 1. The average molecular weight is 318 g/mol. The highest BCUT2D eigenvalue weighted by Crippen LogP contribution is 2.43. The summed E-state index contributed by atoms with van der Waals surface area (Å²) in [6.45, 7) is 4.10. The first-order chi connectivity index (χ1) is 11.0. The SMILES string of the molecule is CCCCCc1cc(O)c([C@@H]2C=C(C)CCC2)c(O)c1C(=O)O. The van der Waals surface area contributed by atoms with E-state index < -0.39 is 5.97 Å². The van der Waals surface area contributed by atoms with Crippen molar-refractivity contribution in [3.05, 3.63) is 34.4 Å². The molecule has 0 saturated heterocycles. The normalized spacial score (nSPS) is 17.8. The lowest BCUT2D eigenvalue weighted by Gasteiger charge is -2.23. The number of allylic oxidation sites excluding steroid dienone is 2. The number of aromatic hydroxyl groups is 2. The van der Waals surface area contributed by atoms with Gasteiger partial charge in [0, 0.05) is 11.5 Å². The molecule has 0 amide bonds. The molecule has 0 saturated carbocycles. The number of unbranched alkanes of at least 4 members (excludes halogenated alkanes) is 2. The first-order valence-corrected chi connectivity index (χ1v) is 8.44.